The van der Waals surface area contributed by atoms with Gasteiger partial charge in [-0.25, -0.2) is 0 Å². The molecule has 0 bridgehead atoms. The number of nitrogens with zero attached hydrogens (tertiary/aromatic N) is 2. The Labute approximate surface area is 164 Å². The molecule has 1 aromatic carbocycles. The van der Waals surface area contributed by atoms with E-state index in [1.807, 2.05) is 6.07 Å². The minimum atomic E-state index is -4.53. The van der Waals surface area contributed by atoms with Crippen LogP contribution in [0.3, 0.4) is 0 Å². The Morgan fingerprint density at radius 1 is 1.14 bits per heavy atom. The number of carbonyl (C=O) groups excluding carboxylic acids is 1. The summed E-state index contributed by atoms with van der Waals surface area (Å²) < 4.78 is 40.1. The summed E-state index contributed by atoms with van der Waals surface area (Å²) in [6.45, 7) is 1.88. The molecule has 0 atom stereocenters. The topological polar surface area (TPSA) is 64.0 Å². The number of rotatable bonds is 5. The molecule has 150 valence electrons. The van der Waals surface area contributed by atoms with Crippen LogP contribution >= 0.6 is 0 Å². The molecule has 0 aliphatic carbocycles. The van der Waals surface area contributed by atoms with Gasteiger partial charge in [-0.05, 0) is 55.3 Å². The van der Waals surface area contributed by atoms with E-state index in [0.29, 0.717) is 18.7 Å². The molecular weight excluding hydrogens is 383 g/mol. The average molecular weight is 401 g/mol. The lowest BCUT2D eigenvalue weighted by molar-refractivity contribution is -0.137. The first-order chi connectivity index (χ1) is 13.8. The number of carbonyl (C=O) groups is 1. The van der Waals surface area contributed by atoms with Crippen LogP contribution in [-0.4, -0.2) is 22.0 Å². The molecule has 3 aromatic rings. The van der Waals surface area contributed by atoms with Gasteiger partial charge in [-0.2, -0.15) is 13.2 Å². The molecule has 0 saturated carbocycles. The molecule has 3 rings (SSSR count). The Morgan fingerprint density at radius 2 is 1.93 bits per heavy atom. The maximum absolute atomic E-state index is 13.0. The standard InChI is InChI=1S/C21H18F3N3O2/c1-14-7-8-18(19(28)26-11-9-15-4-3-10-25-13-15)20(29)27(14)17-6-2-5-16(12-17)21(22,23)24/h2-8,10,12-13H,9,11H2,1H3,(H,26,28). The van der Waals surface area contributed by atoms with Crippen molar-refractivity contribution in [1.29, 1.82) is 0 Å². The number of benzene rings is 1. The van der Waals surface area contributed by atoms with Crippen molar-refractivity contribution < 1.29 is 18.0 Å². The van der Waals surface area contributed by atoms with Crippen LogP contribution in [-0.2, 0) is 12.6 Å². The Balaban J connectivity index is 1.85. The molecule has 0 fully saturated rings. The van der Waals surface area contributed by atoms with Crippen molar-refractivity contribution in [2.75, 3.05) is 6.54 Å². The molecule has 2 heterocycles. The number of pyridine rings is 2. The SMILES string of the molecule is Cc1ccc(C(=O)NCCc2cccnc2)c(=O)n1-c1cccc(C(F)(F)F)c1. The summed E-state index contributed by atoms with van der Waals surface area (Å²) in [6.07, 6.45) is -0.675. The van der Waals surface area contributed by atoms with Gasteiger partial charge in [0, 0.05) is 30.3 Å². The Bertz CT molecular complexity index is 1080. The summed E-state index contributed by atoms with van der Waals surface area (Å²) in [5.41, 5.74) is -0.290. The van der Waals surface area contributed by atoms with Crippen molar-refractivity contribution in [2.24, 2.45) is 0 Å². The van der Waals surface area contributed by atoms with Crippen molar-refractivity contribution in [3.05, 3.63) is 93.7 Å². The highest BCUT2D eigenvalue weighted by Gasteiger charge is 2.30. The van der Waals surface area contributed by atoms with Crippen LogP contribution in [0, 0.1) is 6.92 Å². The third-order valence-corrected chi connectivity index (χ3v) is 4.38. The van der Waals surface area contributed by atoms with Gasteiger partial charge in [0.2, 0.25) is 0 Å². The maximum atomic E-state index is 13.0. The lowest BCUT2D eigenvalue weighted by Crippen LogP contribution is -2.34. The number of halogens is 3. The fraction of sp³-hybridized carbons (Fsp3) is 0.190. The largest absolute Gasteiger partial charge is 0.416 e. The monoisotopic (exact) mass is 401 g/mol. The molecule has 0 saturated heterocycles. The van der Waals surface area contributed by atoms with Crippen molar-refractivity contribution >= 4 is 5.91 Å². The third-order valence-electron chi connectivity index (χ3n) is 4.38. The highest BCUT2D eigenvalue weighted by atomic mass is 19.4. The maximum Gasteiger partial charge on any atom is 0.416 e. The second kappa shape index (κ2) is 8.30. The van der Waals surface area contributed by atoms with E-state index in [1.165, 1.54) is 24.3 Å². The van der Waals surface area contributed by atoms with Gasteiger partial charge in [0.05, 0.1) is 5.56 Å². The van der Waals surface area contributed by atoms with Gasteiger partial charge < -0.3 is 5.32 Å². The summed E-state index contributed by atoms with van der Waals surface area (Å²) in [7, 11) is 0. The van der Waals surface area contributed by atoms with E-state index in [2.05, 4.69) is 10.3 Å². The van der Waals surface area contributed by atoms with E-state index in [4.69, 9.17) is 0 Å². The van der Waals surface area contributed by atoms with E-state index in [-0.39, 0.29) is 11.3 Å². The zero-order valence-electron chi connectivity index (χ0n) is 15.5. The molecule has 29 heavy (non-hydrogen) atoms. The minimum Gasteiger partial charge on any atom is -0.352 e. The van der Waals surface area contributed by atoms with E-state index in [0.717, 1.165) is 22.3 Å². The normalized spacial score (nSPS) is 11.3. The predicted octanol–water partition coefficient (Wildman–Crippen LogP) is 3.53. The van der Waals surface area contributed by atoms with Gasteiger partial charge in [-0.1, -0.05) is 12.1 Å². The molecule has 2 aromatic heterocycles. The zero-order valence-corrected chi connectivity index (χ0v) is 15.5. The van der Waals surface area contributed by atoms with Gasteiger partial charge in [0.15, 0.2) is 0 Å². The number of aromatic nitrogens is 2. The van der Waals surface area contributed by atoms with E-state index < -0.39 is 23.2 Å². The van der Waals surface area contributed by atoms with Crippen molar-refractivity contribution in [1.82, 2.24) is 14.9 Å². The van der Waals surface area contributed by atoms with Crippen molar-refractivity contribution in [2.45, 2.75) is 19.5 Å². The van der Waals surface area contributed by atoms with Crippen LogP contribution in [0.25, 0.3) is 5.69 Å². The van der Waals surface area contributed by atoms with Crippen LogP contribution < -0.4 is 10.9 Å². The van der Waals surface area contributed by atoms with Crippen LogP contribution in [0.2, 0.25) is 0 Å². The minimum absolute atomic E-state index is 0.0485. The summed E-state index contributed by atoms with van der Waals surface area (Å²) in [4.78, 5) is 29.3. The molecule has 0 spiro atoms. The summed E-state index contributed by atoms with van der Waals surface area (Å²) in [6, 6.07) is 11.0. The third kappa shape index (κ3) is 4.71. The number of alkyl halides is 3. The van der Waals surface area contributed by atoms with Gasteiger partial charge in [-0.15, -0.1) is 0 Å². The number of hydrogen-bond acceptors (Lipinski definition) is 3. The highest BCUT2D eigenvalue weighted by Crippen LogP contribution is 2.30. The number of aryl methyl sites for hydroxylation is 1. The Hall–Kier alpha value is -3.42. The molecule has 0 radical (unpaired) electrons. The van der Waals surface area contributed by atoms with Gasteiger partial charge in [0.1, 0.15) is 5.56 Å². The van der Waals surface area contributed by atoms with E-state index in [9.17, 15) is 22.8 Å². The van der Waals surface area contributed by atoms with E-state index in [1.54, 1.807) is 25.4 Å². The fourth-order valence-electron chi connectivity index (χ4n) is 2.91. The van der Waals surface area contributed by atoms with Gasteiger partial charge >= 0.3 is 6.18 Å². The molecule has 1 amide bonds. The quantitative estimate of drug-likeness (QED) is 0.711. The lowest BCUT2D eigenvalue weighted by atomic mass is 10.1. The fourth-order valence-corrected chi connectivity index (χ4v) is 2.91. The molecule has 0 aliphatic rings. The van der Waals surface area contributed by atoms with Crippen LogP contribution in [0.4, 0.5) is 13.2 Å². The van der Waals surface area contributed by atoms with Crippen LogP contribution in [0.5, 0.6) is 0 Å². The van der Waals surface area contributed by atoms with E-state index >= 15 is 0 Å². The molecule has 8 heteroatoms. The smallest absolute Gasteiger partial charge is 0.352 e. The first-order valence-electron chi connectivity index (χ1n) is 8.85. The highest BCUT2D eigenvalue weighted by molar-refractivity contribution is 5.93. The molecule has 5 nitrogen and oxygen atoms in total. The van der Waals surface area contributed by atoms with Crippen LogP contribution in [0.1, 0.15) is 27.2 Å². The molecular formula is C21H18F3N3O2. The molecule has 1 N–H and O–H groups in total. The predicted molar refractivity (Wildman–Crippen MR) is 102 cm³/mol. The summed E-state index contributed by atoms with van der Waals surface area (Å²) >= 11 is 0. The zero-order chi connectivity index (χ0) is 21.0. The van der Waals surface area contributed by atoms with Crippen molar-refractivity contribution in [3.8, 4) is 5.69 Å². The second-order valence-electron chi connectivity index (χ2n) is 6.44. The number of nitrogens with one attached hydrogen (secondary N) is 1. The average Bonchev–Trinajstić information content (AvgIpc) is 2.68. The Kier molecular flexibility index (Phi) is 5.81. The number of amides is 1. The lowest BCUT2D eigenvalue weighted by Gasteiger charge is -2.14. The first-order valence-corrected chi connectivity index (χ1v) is 8.85. The molecule has 0 aliphatic heterocycles. The van der Waals surface area contributed by atoms with Gasteiger partial charge in [-0.3, -0.25) is 19.1 Å². The Morgan fingerprint density at radius 3 is 2.62 bits per heavy atom. The number of hydrogen-bond donors (Lipinski definition) is 1. The van der Waals surface area contributed by atoms with Gasteiger partial charge in [0.25, 0.3) is 11.5 Å². The molecule has 0 unspecified atom stereocenters. The summed E-state index contributed by atoms with van der Waals surface area (Å²) in [5.74, 6) is -0.584. The van der Waals surface area contributed by atoms with Crippen LogP contribution in [0.15, 0.2) is 65.7 Å². The summed E-state index contributed by atoms with van der Waals surface area (Å²) in [5, 5.41) is 2.66. The second-order valence-corrected chi connectivity index (χ2v) is 6.44. The first kappa shape index (κ1) is 20.3. The van der Waals surface area contributed by atoms with Crippen molar-refractivity contribution in [3.63, 3.8) is 0 Å².